The van der Waals surface area contributed by atoms with Gasteiger partial charge in [0, 0.05) is 19.3 Å². The van der Waals surface area contributed by atoms with Gasteiger partial charge in [-0.15, -0.1) is 0 Å². The molecule has 0 aromatic heterocycles. The van der Waals surface area contributed by atoms with E-state index in [-0.39, 0.29) is 25.9 Å². The third-order valence-electron chi connectivity index (χ3n) is 11.4. The van der Waals surface area contributed by atoms with Gasteiger partial charge in [0.15, 0.2) is 6.10 Å². The summed E-state index contributed by atoms with van der Waals surface area (Å²) >= 11 is 0. The quantitative estimate of drug-likeness (QED) is 0.0197. The second-order valence-corrected chi connectivity index (χ2v) is 19.5. The molecule has 0 aromatic carbocycles. The average Bonchev–Trinajstić information content (AvgIpc) is 3.32. The third-order valence-corrected chi connectivity index (χ3v) is 12.4. The third kappa shape index (κ3) is 48.2. The number of hydrogen-bond donors (Lipinski definition) is 2. The number of phosphoric acid groups is 1. The van der Waals surface area contributed by atoms with Crippen LogP contribution in [0.5, 0.6) is 0 Å². The molecule has 0 spiro atoms. The summed E-state index contributed by atoms with van der Waals surface area (Å²) < 4.78 is 39.3. The van der Waals surface area contributed by atoms with Crippen LogP contribution < -0.4 is 0 Å². The predicted molar refractivity (Wildman–Crippen MR) is 279 cm³/mol. The summed E-state index contributed by atoms with van der Waals surface area (Å²) in [5, 5.41) is 9.78. The van der Waals surface area contributed by atoms with Gasteiger partial charge >= 0.3 is 25.7 Å². The van der Waals surface area contributed by atoms with Crippen LogP contribution in [0.15, 0.2) is 60.8 Å². The number of aliphatic hydroxyl groups excluding tert-OH is 1. The summed E-state index contributed by atoms with van der Waals surface area (Å²) in [4.78, 5) is 48.3. The SMILES string of the molecule is CC/C=C\C/C=C\C/C=C\C/C=C\CCCCCCCCC(=O)OC(COC(=O)CCCCCCCCCCC)COP(=O)(O)OCC(CO)OC(=O)CCCCCCC/C=C\CCCCCC. The number of ether oxygens (including phenoxy) is 3. The van der Waals surface area contributed by atoms with E-state index in [1.165, 1.54) is 57.8 Å². The van der Waals surface area contributed by atoms with E-state index in [0.29, 0.717) is 19.3 Å². The summed E-state index contributed by atoms with van der Waals surface area (Å²) in [5.41, 5.74) is 0. The molecule has 0 aromatic rings. The maximum atomic E-state index is 12.8. The van der Waals surface area contributed by atoms with Crippen molar-refractivity contribution in [3.8, 4) is 0 Å². The van der Waals surface area contributed by atoms with E-state index >= 15 is 0 Å². The van der Waals surface area contributed by atoms with Crippen LogP contribution in [0.1, 0.15) is 239 Å². The molecule has 0 aliphatic carbocycles. The lowest BCUT2D eigenvalue weighted by Crippen LogP contribution is -2.30. The van der Waals surface area contributed by atoms with Crippen molar-refractivity contribution in [2.45, 2.75) is 251 Å². The minimum Gasteiger partial charge on any atom is -0.462 e. The Bertz CT molecular complexity index is 1370. The second kappa shape index (κ2) is 50.6. The second-order valence-electron chi connectivity index (χ2n) is 18.0. The Morgan fingerprint density at radius 1 is 0.426 bits per heavy atom. The highest BCUT2D eigenvalue weighted by Gasteiger charge is 2.28. The van der Waals surface area contributed by atoms with Gasteiger partial charge in [-0.1, -0.05) is 197 Å². The number of aliphatic hydroxyl groups is 1. The van der Waals surface area contributed by atoms with Crippen LogP contribution in [-0.2, 0) is 42.2 Å². The molecule has 0 aliphatic rings. The van der Waals surface area contributed by atoms with Gasteiger partial charge in [0.1, 0.15) is 12.7 Å². The highest BCUT2D eigenvalue weighted by Crippen LogP contribution is 2.43. The van der Waals surface area contributed by atoms with Crippen molar-refractivity contribution in [3.05, 3.63) is 60.8 Å². The maximum absolute atomic E-state index is 12.8. The summed E-state index contributed by atoms with van der Waals surface area (Å²) in [6.07, 6.45) is 53.3. The topological polar surface area (TPSA) is 155 Å². The number of allylic oxidation sites excluding steroid dienone is 10. The first-order chi connectivity index (χ1) is 33.2. The normalized spacial score (nSPS) is 13.9. The molecule has 0 radical (unpaired) electrons. The van der Waals surface area contributed by atoms with Crippen molar-refractivity contribution in [2.24, 2.45) is 0 Å². The molecule has 3 unspecified atom stereocenters. The monoisotopic (exact) mass is 979 g/mol. The highest BCUT2D eigenvalue weighted by atomic mass is 31.2. The molecule has 394 valence electrons. The summed E-state index contributed by atoms with van der Waals surface area (Å²) in [5.74, 6) is -1.49. The Morgan fingerprint density at radius 3 is 1.21 bits per heavy atom. The smallest absolute Gasteiger partial charge is 0.462 e. The zero-order valence-electron chi connectivity index (χ0n) is 43.3. The Labute approximate surface area is 415 Å². The first-order valence-corrected chi connectivity index (χ1v) is 28.7. The van der Waals surface area contributed by atoms with Crippen LogP contribution in [-0.4, -0.2) is 66.5 Å². The highest BCUT2D eigenvalue weighted by molar-refractivity contribution is 7.47. The van der Waals surface area contributed by atoms with E-state index in [0.717, 1.165) is 122 Å². The number of carbonyl (C=O) groups is 3. The van der Waals surface area contributed by atoms with Gasteiger partial charge < -0.3 is 24.2 Å². The lowest BCUT2D eigenvalue weighted by Gasteiger charge is -2.21. The Balaban J connectivity index is 4.70. The van der Waals surface area contributed by atoms with E-state index in [9.17, 15) is 28.9 Å². The molecule has 0 saturated heterocycles. The zero-order chi connectivity index (χ0) is 49.9. The molecule has 0 aliphatic heterocycles. The molecule has 0 bridgehead atoms. The number of carbonyl (C=O) groups excluding carboxylic acids is 3. The maximum Gasteiger partial charge on any atom is 0.472 e. The van der Waals surface area contributed by atoms with Crippen molar-refractivity contribution < 1.29 is 52.2 Å². The van der Waals surface area contributed by atoms with E-state index < -0.39 is 57.8 Å². The number of esters is 3. The zero-order valence-corrected chi connectivity index (χ0v) is 44.2. The first-order valence-electron chi connectivity index (χ1n) is 27.2. The minimum absolute atomic E-state index is 0.151. The molecule has 0 heterocycles. The lowest BCUT2D eigenvalue weighted by atomic mass is 10.1. The molecule has 12 heteroatoms. The Hall–Kier alpha value is -2.82. The fraction of sp³-hybridized carbons (Fsp3) is 0.768. The number of rotatable bonds is 50. The molecule has 0 amide bonds. The minimum atomic E-state index is -4.74. The predicted octanol–water partition coefficient (Wildman–Crippen LogP) is 15.6. The molecule has 2 N–H and O–H groups in total. The molecule has 0 rings (SSSR count). The van der Waals surface area contributed by atoms with Crippen LogP contribution in [0, 0.1) is 0 Å². The van der Waals surface area contributed by atoms with Gasteiger partial charge in [-0.3, -0.25) is 23.4 Å². The van der Waals surface area contributed by atoms with Crippen molar-refractivity contribution in [1.29, 1.82) is 0 Å². The van der Waals surface area contributed by atoms with E-state index in [1.54, 1.807) is 0 Å². The van der Waals surface area contributed by atoms with Gasteiger partial charge in [-0.25, -0.2) is 4.57 Å². The molecular weight excluding hydrogens is 880 g/mol. The molecule has 68 heavy (non-hydrogen) atoms. The standard InChI is InChI=1S/C56H99O11P/c1-4-7-10-13-16-19-21-23-24-25-26-27-28-30-32-35-38-41-44-47-56(60)67-53(49-63-54(58)45-42-39-36-33-18-15-12-9-6-3)51-65-68(61,62)64-50-52(48-57)66-55(59)46-43-40-37-34-31-29-22-20-17-14-11-8-5-2/h7,10,16,19-20,22-24,26-27,52-53,57H,4-6,8-9,11-15,17-18,21,25,28-51H2,1-3H3,(H,61,62)/b10-7-,19-16-,22-20-,24-23-,27-26-. The van der Waals surface area contributed by atoms with E-state index in [1.807, 2.05) is 0 Å². The van der Waals surface area contributed by atoms with Crippen molar-refractivity contribution in [2.75, 3.05) is 26.4 Å². The van der Waals surface area contributed by atoms with Crippen LogP contribution >= 0.6 is 7.82 Å². The Kier molecular flexibility index (Phi) is 48.5. The molecule has 0 fully saturated rings. The fourth-order valence-electron chi connectivity index (χ4n) is 7.28. The number of unbranched alkanes of at least 4 members (excludes halogenated alkanes) is 23. The summed E-state index contributed by atoms with van der Waals surface area (Å²) in [7, 11) is -4.74. The molecule has 11 nitrogen and oxygen atoms in total. The fourth-order valence-corrected chi connectivity index (χ4v) is 8.07. The van der Waals surface area contributed by atoms with Gasteiger partial charge in [0.2, 0.25) is 0 Å². The van der Waals surface area contributed by atoms with Crippen LogP contribution in [0.2, 0.25) is 0 Å². The van der Waals surface area contributed by atoms with Crippen LogP contribution in [0.4, 0.5) is 0 Å². The van der Waals surface area contributed by atoms with Gasteiger partial charge in [0.25, 0.3) is 0 Å². The van der Waals surface area contributed by atoms with E-state index in [2.05, 4.69) is 81.5 Å². The summed E-state index contributed by atoms with van der Waals surface area (Å²) in [6.45, 7) is 4.47. The largest absolute Gasteiger partial charge is 0.472 e. The van der Waals surface area contributed by atoms with Gasteiger partial charge in [-0.05, 0) is 83.5 Å². The van der Waals surface area contributed by atoms with Crippen molar-refractivity contribution >= 4 is 25.7 Å². The van der Waals surface area contributed by atoms with Crippen molar-refractivity contribution in [1.82, 2.24) is 0 Å². The lowest BCUT2D eigenvalue weighted by molar-refractivity contribution is -0.161. The average molecular weight is 979 g/mol. The number of hydrogen-bond acceptors (Lipinski definition) is 10. The van der Waals surface area contributed by atoms with Crippen molar-refractivity contribution in [3.63, 3.8) is 0 Å². The van der Waals surface area contributed by atoms with Crippen LogP contribution in [0.25, 0.3) is 0 Å². The summed E-state index contributed by atoms with van der Waals surface area (Å²) in [6, 6.07) is 0. The molecule has 3 atom stereocenters. The first kappa shape index (κ1) is 65.2. The van der Waals surface area contributed by atoms with Gasteiger partial charge in [0.05, 0.1) is 19.8 Å². The van der Waals surface area contributed by atoms with Gasteiger partial charge in [-0.2, -0.15) is 0 Å². The van der Waals surface area contributed by atoms with Crippen LogP contribution in [0.3, 0.4) is 0 Å². The number of phosphoric ester groups is 1. The van der Waals surface area contributed by atoms with E-state index in [4.69, 9.17) is 23.3 Å². The Morgan fingerprint density at radius 2 is 0.765 bits per heavy atom. The molecule has 0 saturated carbocycles. The molecular formula is C56H99O11P.